The SMILES string of the molecule is C[C@@H](c1ccccc1)N(C)c1nc(-c2ccccc2O)nc2ccc(F)cc12. The summed E-state index contributed by atoms with van der Waals surface area (Å²) in [6, 6.07) is 21.5. The molecular formula is C23H20FN3O. The molecule has 1 aromatic heterocycles. The van der Waals surface area contributed by atoms with Crippen LogP contribution in [0.5, 0.6) is 5.75 Å². The fourth-order valence-electron chi connectivity index (χ4n) is 3.28. The Bertz CT molecular complexity index is 1130. The van der Waals surface area contributed by atoms with Gasteiger partial charge in [0.1, 0.15) is 17.4 Å². The minimum atomic E-state index is -0.339. The third-order valence-electron chi connectivity index (χ3n) is 4.98. The number of hydrogen-bond acceptors (Lipinski definition) is 4. The number of hydrogen-bond donors (Lipinski definition) is 1. The van der Waals surface area contributed by atoms with E-state index in [0.717, 1.165) is 5.56 Å². The second-order valence-electron chi connectivity index (χ2n) is 6.75. The summed E-state index contributed by atoms with van der Waals surface area (Å²) in [5.41, 5.74) is 2.28. The molecule has 5 heteroatoms. The summed E-state index contributed by atoms with van der Waals surface area (Å²) in [7, 11) is 1.93. The van der Waals surface area contributed by atoms with Gasteiger partial charge in [0.15, 0.2) is 5.82 Å². The molecule has 0 radical (unpaired) electrons. The van der Waals surface area contributed by atoms with E-state index >= 15 is 0 Å². The molecule has 140 valence electrons. The van der Waals surface area contributed by atoms with E-state index < -0.39 is 0 Å². The Morgan fingerprint density at radius 1 is 0.929 bits per heavy atom. The zero-order valence-electron chi connectivity index (χ0n) is 15.7. The largest absolute Gasteiger partial charge is 0.507 e. The van der Waals surface area contributed by atoms with Crippen LogP contribution in [-0.4, -0.2) is 22.1 Å². The number of nitrogens with zero attached hydrogens (tertiary/aromatic N) is 3. The van der Waals surface area contributed by atoms with Crippen molar-refractivity contribution in [2.75, 3.05) is 11.9 Å². The molecule has 0 spiro atoms. The van der Waals surface area contributed by atoms with Crippen LogP contribution in [0.3, 0.4) is 0 Å². The average molecular weight is 373 g/mol. The first-order chi connectivity index (χ1) is 13.5. The van der Waals surface area contributed by atoms with Crippen molar-refractivity contribution in [3.63, 3.8) is 0 Å². The quantitative estimate of drug-likeness (QED) is 0.525. The molecule has 4 aromatic rings. The molecule has 4 nitrogen and oxygen atoms in total. The molecule has 4 rings (SSSR count). The molecular weight excluding hydrogens is 353 g/mol. The zero-order chi connectivity index (χ0) is 19.7. The molecule has 0 aliphatic carbocycles. The van der Waals surface area contributed by atoms with Crippen molar-refractivity contribution in [1.82, 2.24) is 9.97 Å². The van der Waals surface area contributed by atoms with Gasteiger partial charge in [0.2, 0.25) is 0 Å². The van der Waals surface area contributed by atoms with Gasteiger partial charge in [-0.3, -0.25) is 0 Å². The number of aromatic hydroxyl groups is 1. The lowest BCUT2D eigenvalue weighted by atomic mass is 10.1. The van der Waals surface area contributed by atoms with Crippen molar-refractivity contribution >= 4 is 16.7 Å². The maximum atomic E-state index is 14.0. The highest BCUT2D eigenvalue weighted by atomic mass is 19.1. The van der Waals surface area contributed by atoms with E-state index in [2.05, 4.69) is 24.0 Å². The summed E-state index contributed by atoms with van der Waals surface area (Å²) < 4.78 is 14.0. The third kappa shape index (κ3) is 3.27. The van der Waals surface area contributed by atoms with Crippen LogP contribution in [0.15, 0.2) is 72.8 Å². The topological polar surface area (TPSA) is 49.2 Å². The van der Waals surface area contributed by atoms with E-state index in [1.165, 1.54) is 12.1 Å². The van der Waals surface area contributed by atoms with E-state index in [0.29, 0.717) is 28.1 Å². The lowest BCUT2D eigenvalue weighted by molar-refractivity contribution is 0.477. The number of para-hydroxylation sites is 1. The highest BCUT2D eigenvalue weighted by Crippen LogP contribution is 2.34. The molecule has 0 aliphatic heterocycles. The van der Waals surface area contributed by atoms with Crippen molar-refractivity contribution in [2.24, 2.45) is 0 Å². The van der Waals surface area contributed by atoms with E-state index in [1.807, 2.05) is 36.2 Å². The Balaban J connectivity index is 1.90. The molecule has 1 atom stereocenters. The number of benzene rings is 3. The van der Waals surface area contributed by atoms with Gasteiger partial charge in [-0.1, -0.05) is 42.5 Å². The Kier molecular flexibility index (Phi) is 4.65. The summed E-state index contributed by atoms with van der Waals surface area (Å²) in [5.74, 6) is 0.778. The van der Waals surface area contributed by atoms with Crippen LogP contribution < -0.4 is 4.90 Å². The van der Waals surface area contributed by atoms with Crippen molar-refractivity contribution in [1.29, 1.82) is 0 Å². The van der Waals surface area contributed by atoms with Gasteiger partial charge in [-0.25, -0.2) is 14.4 Å². The minimum absolute atomic E-state index is 0.0137. The van der Waals surface area contributed by atoms with E-state index in [1.54, 1.807) is 24.3 Å². The summed E-state index contributed by atoms with van der Waals surface area (Å²) in [6.45, 7) is 2.07. The molecule has 1 N–H and O–H groups in total. The van der Waals surface area contributed by atoms with Gasteiger partial charge in [-0.05, 0) is 42.8 Å². The number of fused-ring (bicyclic) bond motifs is 1. The summed E-state index contributed by atoms with van der Waals surface area (Å²) in [5, 5.41) is 10.9. The second kappa shape index (κ2) is 7.27. The molecule has 0 saturated carbocycles. The van der Waals surface area contributed by atoms with Crippen LogP contribution >= 0.6 is 0 Å². The number of anilines is 1. The molecule has 3 aromatic carbocycles. The van der Waals surface area contributed by atoms with Crippen LogP contribution in [0.1, 0.15) is 18.5 Å². The Morgan fingerprint density at radius 2 is 1.64 bits per heavy atom. The first-order valence-electron chi connectivity index (χ1n) is 9.08. The molecule has 0 fully saturated rings. The van der Waals surface area contributed by atoms with Crippen molar-refractivity contribution in [3.05, 3.63) is 84.2 Å². The predicted octanol–water partition coefficient (Wildman–Crippen LogP) is 5.34. The van der Waals surface area contributed by atoms with Gasteiger partial charge in [-0.2, -0.15) is 0 Å². The fourth-order valence-corrected chi connectivity index (χ4v) is 3.28. The molecule has 28 heavy (non-hydrogen) atoms. The standard InChI is InChI=1S/C23H20FN3O/c1-15(16-8-4-3-5-9-16)27(2)23-19-14-17(24)12-13-20(19)25-22(26-23)18-10-6-7-11-21(18)28/h3-15,28H,1-2H3/t15-/m0/s1. The molecule has 0 amide bonds. The molecule has 0 aliphatic rings. The predicted molar refractivity (Wildman–Crippen MR) is 110 cm³/mol. The first-order valence-corrected chi connectivity index (χ1v) is 9.08. The van der Waals surface area contributed by atoms with Crippen molar-refractivity contribution in [2.45, 2.75) is 13.0 Å². The minimum Gasteiger partial charge on any atom is -0.507 e. The van der Waals surface area contributed by atoms with Crippen molar-refractivity contribution in [3.8, 4) is 17.1 Å². The van der Waals surface area contributed by atoms with E-state index in [4.69, 9.17) is 4.98 Å². The highest BCUT2D eigenvalue weighted by Gasteiger charge is 2.19. The number of rotatable bonds is 4. The van der Waals surface area contributed by atoms with E-state index in [9.17, 15) is 9.50 Å². The van der Waals surface area contributed by atoms with Crippen LogP contribution in [0.4, 0.5) is 10.2 Å². The monoisotopic (exact) mass is 373 g/mol. The van der Waals surface area contributed by atoms with Gasteiger partial charge < -0.3 is 10.0 Å². The fraction of sp³-hybridized carbons (Fsp3) is 0.130. The summed E-state index contributed by atoms with van der Waals surface area (Å²) in [4.78, 5) is 11.3. The van der Waals surface area contributed by atoms with Crippen LogP contribution in [0.25, 0.3) is 22.3 Å². The smallest absolute Gasteiger partial charge is 0.165 e. The maximum absolute atomic E-state index is 14.0. The van der Waals surface area contributed by atoms with Gasteiger partial charge in [0.05, 0.1) is 17.1 Å². The Morgan fingerprint density at radius 3 is 2.39 bits per heavy atom. The molecule has 0 saturated heterocycles. The average Bonchev–Trinajstić information content (AvgIpc) is 2.73. The van der Waals surface area contributed by atoms with Crippen LogP contribution in [0, 0.1) is 5.82 Å². The lowest BCUT2D eigenvalue weighted by Gasteiger charge is -2.28. The summed E-state index contributed by atoms with van der Waals surface area (Å²) in [6.07, 6.45) is 0. The maximum Gasteiger partial charge on any atom is 0.165 e. The van der Waals surface area contributed by atoms with Gasteiger partial charge in [0, 0.05) is 12.4 Å². The number of halogens is 1. The van der Waals surface area contributed by atoms with E-state index in [-0.39, 0.29) is 17.6 Å². The molecule has 0 unspecified atom stereocenters. The number of phenolic OH excluding ortho intramolecular Hbond substituents is 1. The Hall–Kier alpha value is -3.47. The number of aromatic nitrogens is 2. The van der Waals surface area contributed by atoms with Crippen molar-refractivity contribution < 1.29 is 9.50 Å². The number of phenols is 1. The highest BCUT2D eigenvalue weighted by molar-refractivity contribution is 5.91. The Labute approximate surface area is 162 Å². The second-order valence-corrected chi connectivity index (χ2v) is 6.75. The zero-order valence-corrected chi connectivity index (χ0v) is 15.7. The van der Waals surface area contributed by atoms with Crippen LogP contribution in [-0.2, 0) is 0 Å². The van der Waals surface area contributed by atoms with Gasteiger partial charge >= 0.3 is 0 Å². The normalized spacial score (nSPS) is 12.1. The van der Waals surface area contributed by atoms with Crippen LogP contribution in [0.2, 0.25) is 0 Å². The molecule has 0 bridgehead atoms. The summed E-state index contributed by atoms with van der Waals surface area (Å²) >= 11 is 0. The van der Waals surface area contributed by atoms with Gasteiger partial charge in [-0.15, -0.1) is 0 Å². The molecule has 1 heterocycles. The lowest BCUT2D eigenvalue weighted by Crippen LogP contribution is -2.23. The first kappa shape index (κ1) is 17.9. The third-order valence-corrected chi connectivity index (χ3v) is 4.98. The van der Waals surface area contributed by atoms with Gasteiger partial charge in [0.25, 0.3) is 0 Å².